The zero-order valence-electron chi connectivity index (χ0n) is 11.9. The molecule has 0 saturated carbocycles. The van der Waals surface area contributed by atoms with Crippen LogP contribution < -0.4 is 0 Å². The molecule has 0 fully saturated rings. The number of carbonyl (C=O) groups is 1. The maximum atomic E-state index is 11.0. The number of thiophene rings is 1. The number of nitrogens with zero attached hydrogens (tertiary/aromatic N) is 1. The van der Waals surface area contributed by atoms with Gasteiger partial charge in [-0.3, -0.25) is 0 Å². The van der Waals surface area contributed by atoms with Crippen molar-refractivity contribution < 1.29 is 15.0 Å². The summed E-state index contributed by atoms with van der Waals surface area (Å²) >= 11 is 1.43. The molecule has 2 N–H and O–H groups in total. The van der Waals surface area contributed by atoms with E-state index in [0.717, 1.165) is 15.3 Å². The summed E-state index contributed by atoms with van der Waals surface area (Å²) in [5.74, 6) is -1.47. The molecule has 0 spiro atoms. The Morgan fingerprint density at radius 3 is 2.39 bits per heavy atom. The van der Waals surface area contributed by atoms with Gasteiger partial charge in [0, 0.05) is 4.88 Å². The quantitative estimate of drug-likeness (QED) is 0.751. The maximum absolute atomic E-state index is 11.0. The van der Waals surface area contributed by atoms with E-state index < -0.39 is 5.97 Å². The van der Waals surface area contributed by atoms with Crippen molar-refractivity contribution in [3.8, 4) is 32.7 Å². The lowest BCUT2D eigenvalue weighted by atomic mass is 10.1. The third-order valence-corrected chi connectivity index (χ3v) is 4.63. The van der Waals surface area contributed by atoms with E-state index in [1.54, 1.807) is 12.1 Å². The number of phenols is 1. The summed E-state index contributed by atoms with van der Waals surface area (Å²) in [6, 6.07) is 17.9. The zero-order chi connectivity index (χ0) is 16.4. The molecule has 3 aromatic rings. The molecule has 0 aliphatic carbocycles. The van der Waals surface area contributed by atoms with E-state index in [1.807, 2.05) is 30.3 Å². The van der Waals surface area contributed by atoms with E-state index in [0.29, 0.717) is 11.1 Å². The van der Waals surface area contributed by atoms with E-state index in [-0.39, 0.29) is 11.3 Å². The average molecular weight is 321 g/mol. The molecule has 23 heavy (non-hydrogen) atoms. The predicted octanol–water partition coefficient (Wildman–Crippen LogP) is 4.36. The van der Waals surface area contributed by atoms with Crippen molar-refractivity contribution in [3.05, 3.63) is 65.7 Å². The molecule has 1 heterocycles. The normalized spacial score (nSPS) is 10.2. The first-order valence-corrected chi connectivity index (χ1v) is 7.58. The van der Waals surface area contributed by atoms with Crippen molar-refractivity contribution in [1.82, 2.24) is 0 Å². The predicted molar refractivity (Wildman–Crippen MR) is 88.5 cm³/mol. The molecule has 2 aromatic carbocycles. The van der Waals surface area contributed by atoms with Gasteiger partial charge in [0.1, 0.15) is 17.4 Å². The van der Waals surface area contributed by atoms with E-state index in [9.17, 15) is 15.2 Å². The number of benzene rings is 2. The Hall–Kier alpha value is -3.10. The average Bonchev–Trinajstić information content (AvgIpc) is 2.99. The summed E-state index contributed by atoms with van der Waals surface area (Å²) in [6.45, 7) is 0. The largest absolute Gasteiger partial charge is 0.507 e. The van der Waals surface area contributed by atoms with Gasteiger partial charge in [0.05, 0.1) is 10.4 Å². The molecule has 0 bridgehead atoms. The summed E-state index contributed by atoms with van der Waals surface area (Å²) in [5, 5.41) is 28.1. The van der Waals surface area contributed by atoms with Crippen molar-refractivity contribution in [2.45, 2.75) is 0 Å². The van der Waals surface area contributed by atoms with Crippen molar-refractivity contribution in [3.63, 3.8) is 0 Å². The Balaban J connectivity index is 2.09. The lowest BCUT2D eigenvalue weighted by Gasteiger charge is -2.02. The highest BCUT2D eigenvalue weighted by atomic mass is 32.1. The molecule has 0 aliphatic rings. The number of carboxylic acid groups (broad SMARTS) is 1. The number of nitriles is 1. The van der Waals surface area contributed by atoms with Crippen LogP contribution in [0.1, 0.15) is 15.9 Å². The minimum Gasteiger partial charge on any atom is -0.507 e. The molecule has 0 unspecified atom stereocenters. The molecular weight excluding hydrogens is 310 g/mol. The third-order valence-electron chi connectivity index (χ3n) is 3.40. The molecule has 4 nitrogen and oxygen atoms in total. The first kappa shape index (κ1) is 14.8. The van der Waals surface area contributed by atoms with Gasteiger partial charge >= 0.3 is 5.97 Å². The van der Waals surface area contributed by atoms with Crippen LogP contribution in [0.2, 0.25) is 0 Å². The lowest BCUT2D eigenvalue weighted by molar-refractivity contribution is 0.0694. The van der Waals surface area contributed by atoms with Crippen LogP contribution in [-0.4, -0.2) is 16.2 Å². The number of hydrogen-bond acceptors (Lipinski definition) is 4. The molecule has 0 radical (unpaired) electrons. The summed E-state index contributed by atoms with van der Waals surface area (Å²) in [5.41, 5.74) is 2.04. The van der Waals surface area contributed by atoms with Gasteiger partial charge in [-0.25, -0.2) is 4.79 Å². The van der Waals surface area contributed by atoms with Crippen molar-refractivity contribution in [2.24, 2.45) is 0 Å². The summed E-state index contributed by atoms with van der Waals surface area (Å²) in [4.78, 5) is 12.6. The van der Waals surface area contributed by atoms with Crippen LogP contribution in [0.25, 0.3) is 20.9 Å². The molecule has 0 atom stereocenters. The molecule has 112 valence electrons. The van der Waals surface area contributed by atoms with Crippen LogP contribution >= 0.6 is 11.3 Å². The van der Waals surface area contributed by atoms with Crippen molar-refractivity contribution in [2.75, 3.05) is 0 Å². The van der Waals surface area contributed by atoms with Gasteiger partial charge < -0.3 is 10.2 Å². The van der Waals surface area contributed by atoms with Crippen LogP contribution in [0.3, 0.4) is 0 Å². The maximum Gasteiger partial charge on any atom is 0.339 e. The fourth-order valence-electron chi connectivity index (χ4n) is 2.29. The van der Waals surface area contributed by atoms with Gasteiger partial charge in [-0.2, -0.15) is 5.26 Å². The minimum atomic E-state index is -1.18. The van der Waals surface area contributed by atoms with E-state index in [4.69, 9.17) is 5.11 Å². The first-order chi connectivity index (χ1) is 11.1. The Labute approximate surface area is 136 Å². The van der Waals surface area contributed by atoms with Gasteiger partial charge in [-0.05, 0) is 29.3 Å². The number of hydrogen-bond donors (Lipinski definition) is 2. The number of carboxylic acids is 1. The molecule has 3 rings (SSSR count). The van der Waals surface area contributed by atoms with E-state index in [2.05, 4.69) is 6.07 Å². The lowest BCUT2D eigenvalue weighted by Crippen LogP contribution is -1.96. The Morgan fingerprint density at radius 2 is 1.78 bits per heavy atom. The van der Waals surface area contributed by atoms with Gasteiger partial charge in [0.15, 0.2) is 0 Å². The second-order valence-corrected chi connectivity index (χ2v) is 5.92. The fraction of sp³-hybridized carbons (Fsp3) is 0. The highest BCUT2D eigenvalue weighted by Gasteiger charge is 2.15. The number of aromatic carboxylic acids is 1. The van der Waals surface area contributed by atoms with Crippen LogP contribution in [0.5, 0.6) is 5.75 Å². The van der Waals surface area contributed by atoms with Crippen LogP contribution in [0, 0.1) is 11.3 Å². The van der Waals surface area contributed by atoms with Crippen LogP contribution in [0.15, 0.2) is 54.6 Å². The SMILES string of the molecule is N#Cc1cc(-c2ccc(C(=O)O)c(O)c2)sc1-c1ccccc1. The van der Waals surface area contributed by atoms with E-state index in [1.165, 1.54) is 23.5 Å². The molecule has 0 amide bonds. The Kier molecular flexibility index (Phi) is 3.83. The Morgan fingerprint density at radius 1 is 1.04 bits per heavy atom. The number of aromatic hydroxyl groups is 1. The van der Waals surface area contributed by atoms with Gasteiger partial charge in [-0.15, -0.1) is 11.3 Å². The number of rotatable bonds is 3. The van der Waals surface area contributed by atoms with Crippen LogP contribution in [-0.2, 0) is 0 Å². The van der Waals surface area contributed by atoms with Crippen molar-refractivity contribution in [1.29, 1.82) is 5.26 Å². The van der Waals surface area contributed by atoms with Gasteiger partial charge in [-0.1, -0.05) is 36.4 Å². The summed E-state index contributed by atoms with van der Waals surface area (Å²) in [6.07, 6.45) is 0. The Bertz CT molecular complexity index is 923. The van der Waals surface area contributed by atoms with E-state index >= 15 is 0 Å². The molecule has 1 aromatic heterocycles. The van der Waals surface area contributed by atoms with Crippen molar-refractivity contribution >= 4 is 17.3 Å². The van der Waals surface area contributed by atoms with Gasteiger partial charge in [0.2, 0.25) is 0 Å². The molecule has 5 heteroatoms. The monoisotopic (exact) mass is 321 g/mol. The first-order valence-electron chi connectivity index (χ1n) is 6.76. The molecule has 0 aliphatic heterocycles. The summed E-state index contributed by atoms with van der Waals surface area (Å²) < 4.78 is 0. The smallest absolute Gasteiger partial charge is 0.339 e. The molecule has 0 saturated heterocycles. The second-order valence-electron chi connectivity index (χ2n) is 4.87. The minimum absolute atomic E-state index is 0.144. The second kappa shape index (κ2) is 5.95. The fourth-order valence-corrected chi connectivity index (χ4v) is 3.40. The highest BCUT2D eigenvalue weighted by Crippen LogP contribution is 2.39. The van der Waals surface area contributed by atoms with Gasteiger partial charge in [0.25, 0.3) is 0 Å². The summed E-state index contributed by atoms with van der Waals surface area (Å²) in [7, 11) is 0. The zero-order valence-corrected chi connectivity index (χ0v) is 12.7. The topological polar surface area (TPSA) is 81.3 Å². The molecular formula is C18H11NO3S. The van der Waals surface area contributed by atoms with Crippen LogP contribution in [0.4, 0.5) is 0 Å². The third kappa shape index (κ3) is 2.80. The highest BCUT2D eigenvalue weighted by molar-refractivity contribution is 7.19. The standard InChI is InChI=1S/C18H11NO3S/c19-10-13-9-16(23-17(13)11-4-2-1-3-5-11)12-6-7-14(18(21)22)15(20)8-12/h1-9,20H,(H,21,22).